The fraction of sp³-hybridized carbons (Fsp3) is 0. The van der Waals surface area contributed by atoms with Gasteiger partial charge < -0.3 is 10.2 Å². The minimum Gasteiger partial charge on any atom is -0.478 e. The van der Waals surface area contributed by atoms with Crippen molar-refractivity contribution in [2.45, 2.75) is 0 Å². The van der Waals surface area contributed by atoms with Crippen LogP contribution in [0.1, 0.15) is 20.7 Å². The predicted molar refractivity (Wildman–Crippen MR) is 67.7 cm³/mol. The molecular weight excluding hydrogens is 258 g/mol. The second kappa shape index (κ2) is 7.91. The van der Waals surface area contributed by atoms with E-state index >= 15 is 0 Å². The minimum absolute atomic E-state index is 0.190. The van der Waals surface area contributed by atoms with Crippen LogP contribution < -0.4 is 4.72 Å². The average molecular weight is 269 g/mol. The van der Waals surface area contributed by atoms with E-state index in [0.29, 0.717) is 0 Å². The molecule has 0 radical (unpaired) electrons. The highest BCUT2D eigenvalue weighted by Gasteiger charge is 2.13. The predicted octanol–water partition coefficient (Wildman–Crippen LogP) is 1.22. The molecule has 0 unspecified atom stereocenters. The van der Waals surface area contributed by atoms with Gasteiger partial charge in [0.1, 0.15) is 0 Å². The molecule has 0 saturated heterocycles. The highest BCUT2D eigenvalue weighted by Crippen LogP contribution is 2.07. The van der Waals surface area contributed by atoms with Gasteiger partial charge in [-0.1, -0.05) is 31.5 Å². The Labute approximate surface area is 108 Å². The lowest BCUT2D eigenvalue weighted by Crippen LogP contribution is -2.06. The lowest BCUT2D eigenvalue weighted by Gasteiger charge is -1.98. The molecule has 0 aromatic heterocycles. The number of benzene rings is 1. The summed E-state index contributed by atoms with van der Waals surface area (Å²) in [6.45, 7) is 3.17. The summed E-state index contributed by atoms with van der Waals surface area (Å²) in [5.41, 5.74) is -0.380. The number of thiol groups is 1. The van der Waals surface area contributed by atoms with Gasteiger partial charge in [-0.15, -0.1) is 0 Å². The lowest BCUT2D eigenvalue weighted by atomic mass is 10.1. The lowest BCUT2D eigenvalue weighted by molar-refractivity contribution is -0.114. The zero-order valence-corrected chi connectivity index (χ0v) is 10.1. The summed E-state index contributed by atoms with van der Waals surface area (Å²) in [7, 11) is 0. The number of rotatable bonds is 3. The molecule has 1 aromatic carbocycles. The fourth-order valence-electron chi connectivity index (χ4n) is 0.902. The minimum atomic E-state index is -1.23. The van der Waals surface area contributed by atoms with Crippen molar-refractivity contribution in [3.05, 3.63) is 48.0 Å². The molecule has 7 heteroatoms. The number of hydrogen-bond donors (Lipinski definition) is 4. The van der Waals surface area contributed by atoms with Crippen LogP contribution in [-0.2, 0) is 4.79 Å². The van der Waals surface area contributed by atoms with Crippen molar-refractivity contribution in [2.24, 2.45) is 0 Å². The van der Waals surface area contributed by atoms with Crippen LogP contribution in [0.4, 0.5) is 0 Å². The van der Waals surface area contributed by atoms with Crippen molar-refractivity contribution >= 4 is 30.7 Å². The van der Waals surface area contributed by atoms with Crippen LogP contribution in [0.25, 0.3) is 0 Å². The molecule has 0 fully saturated rings. The van der Waals surface area contributed by atoms with Gasteiger partial charge in [0, 0.05) is 0 Å². The maximum Gasteiger partial charge on any atom is 0.336 e. The molecule has 0 aliphatic carbocycles. The number of carbonyl (C=O) groups is 3. The van der Waals surface area contributed by atoms with E-state index in [2.05, 4.69) is 24.1 Å². The first kappa shape index (κ1) is 15.7. The normalized spacial score (nSPS) is 8.50. The molecule has 0 spiro atoms. The Hall–Kier alpha value is -2.28. The van der Waals surface area contributed by atoms with Gasteiger partial charge in [0.05, 0.1) is 11.1 Å². The third-order valence-corrected chi connectivity index (χ3v) is 1.90. The topological polar surface area (TPSA) is 104 Å². The summed E-state index contributed by atoms with van der Waals surface area (Å²) >= 11 is 3.42. The average Bonchev–Trinajstić information content (AvgIpc) is 2.38. The molecule has 96 valence electrons. The van der Waals surface area contributed by atoms with E-state index in [4.69, 9.17) is 10.2 Å². The summed E-state index contributed by atoms with van der Waals surface area (Å²) in [5, 5.41) is 17.1. The van der Waals surface area contributed by atoms with Crippen molar-refractivity contribution in [1.29, 1.82) is 0 Å². The molecule has 1 aromatic rings. The largest absolute Gasteiger partial charge is 0.478 e. The number of aromatic carboxylic acids is 2. The van der Waals surface area contributed by atoms with Crippen molar-refractivity contribution in [1.82, 2.24) is 4.72 Å². The molecule has 0 aliphatic rings. The van der Waals surface area contributed by atoms with Crippen molar-refractivity contribution in [3.63, 3.8) is 0 Å². The van der Waals surface area contributed by atoms with E-state index in [1.54, 1.807) is 0 Å². The van der Waals surface area contributed by atoms with Gasteiger partial charge in [-0.2, -0.15) is 0 Å². The second-order valence-corrected chi connectivity index (χ2v) is 3.06. The summed E-state index contributed by atoms with van der Waals surface area (Å²) in [6.07, 6.45) is 1.15. The van der Waals surface area contributed by atoms with Crippen LogP contribution in [0.3, 0.4) is 0 Å². The van der Waals surface area contributed by atoms with Gasteiger partial charge in [0.15, 0.2) is 0 Å². The molecule has 0 aliphatic heterocycles. The molecule has 0 heterocycles. The molecule has 1 rings (SSSR count). The highest BCUT2D eigenvalue weighted by atomic mass is 32.1. The number of hydrogen-bond acceptors (Lipinski definition) is 4. The van der Waals surface area contributed by atoms with E-state index in [-0.39, 0.29) is 17.0 Å². The van der Waals surface area contributed by atoms with Gasteiger partial charge in [-0.25, -0.2) is 9.59 Å². The fourth-order valence-corrected chi connectivity index (χ4v) is 0.993. The smallest absolute Gasteiger partial charge is 0.336 e. The van der Waals surface area contributed by atoms with Crippen LogP contribution in [0.15, 0.2) is 36.9 Å². The van der Waals surface area contributed by atoms with E-state index in [9.17, 15) is 14.4 Å². The Bertz CT molecular complexity index is 439. The molecule has 3 N–H and O–H groups in total. The summed E-state index contributed by atoms with van der Waals surface area (Å²) < 4.78 is 2.05. The van der Waals surface area contributed by atoms with Crippen molar-refractivity contribution in [3.8, 4) is 0 Å². The van der Waals surface area contributed by atoms with E-state index in [0.717, 1.165) is 6.08 Å². The highest BCUT2D eigenvalue weighted by molar-refractivity contribution is 7.78. The third-order valence-electron chi connectivity index (χ3n) is 1.68. The van der Waals surface area contributed by atoms with Crippen LogP contribution in [0.2, 0.25) is 0 Å². The Kier molecular flexibility index (Phi) is 6.91. The molecule has 0 atom stereocenters. The first-order valence-electron chi connectivity index (χ1n) is 4.56. The maximum atomic E-state index is 10.5. The van der Waals surface area contributed by atoms with Gasteiger partial charge >= 0.3 is 11.9 Å². The SMILES string of the molecule is C=CC(=O)NS.O=C(O)c1ccccc1C(=O)O. The number of carboxylic acid groups (broad SMARTS) is 2. The first-order chi connectivity index (χ1) is 8.43. The molecular formula is C11H11NO5S. The van der Waals surface area contributed by atoms with E-state index in [1.807, 2.05) is 0 Å². The molecule has 0 saturated carbocycles. The van der Waals surface area contributed by atoms with Crippen molar-refractivity contribution in [2.75, 3.05) is 0 Å². The van der Waals surface area contributed by atoms with E-state index < -0.39 is 11.9 Å². The Morgan fingerprint density at radius 1 is 1.11 bits per heavy atom. The van der Waals surface area contributed by atoms with Gasteiger partial charge in [-0.3, -0.25) is 9.52 Å². The van der Waals surface area contributed by atoms with Crippen LogP contribution >= 0.6 is 12.8 Å². The second-order valence-electron chi connectivity index (χ2n) is 2.84. The van der Waals surface area contributed by atoms with Crippen LogP contribution in [0.5, 0.6) is 0 Å². The first-order valence-corrected chi connectivity index (χ1v) is 5.00. The zero-order chi connectivity index (χ0) is 14.1. The standard InChI is InChI=1S/C8H6O4.C3H5NOS/c9-7(10)5-3-1-2-4-6(5)8(11)12;1-2-3(5)4-6/h1-4H,(H,9,10)(H,11,12);2,6H,1H2,(H,4,5). The van der Waals surface area contributed by atoms with Crippen molar-refractivity contribution < 1.29 is 24.6 Å². The van der Waals surface area contributed by atoms with Gasteiger partial charge in [0.2, 0.25) is 0 Å². The third kappa shape index (κ3) is 5.17. The number of carboxylic acids is 2. The van der Waals surface area contributed by atoms with Crippen LogP contribution in [-0.4, -0.2) is 28.1 Å². The quantitative estimate of drug-likeness (QED) is 0.488. The zero-order valence-electron chi connectivity index (χ0n) is 9.16. The molecule has 1 amide bonds. The Balaban J connectivity index is 0.000000411. The number of carbonyl (C=O) groups excluding carboxylic acids is 1. The monoisotopic (exact) mass is 269 g/mol. The summed E-state index contributed by atoms with van der Waals surface area (Å²) in [6, 6.07) is 5.48. The number of nitrogens with one attached hydrogen (secondary N) is 1. The maximum absolute atomic E-state index is 10.5. The molecule has 0 bridgehead atoms. The Morgan fingerprint density at radius 2 is 1.50 bits per heavy atom. The van der Waals surface area contributed by atoms with Crippen LogP contribution in [0, 0.1) is 0 Å². The summed E-state index contributed by atoms with van der Waals surface area (Å²) in [5.74, 6) is -2.74. The number of amides is 1. The summed E-state index contributed by atoms with van der Waals surface area (Å²) in [4.78, 5) is 30.8. The van der Waals surface area contributed by atoms with E-state index in [1.165, 1.54) is 24.3 Å². The van der Waals surface area contributed by atoms with Gasteiger partial charge in [0.25, 0.3) is 5.91 Å². The molecule has 18 heavy (non-hydrogen) atoms. The van der Waals surface area contributed by atoms with Gasteiger partial charge in [-0.05, 0) is 18.2 Å². The molecule has 6 nitrogen and oxygen atoms in total. The Morgan fingerprint density at radius 3 is 1.67 bits per heavy atom.